The Morgan fingerprint density at radius 2 is 1.57 bits per heavy atom. The normalized spacial score (nSPS) is 16.8. The van der Waals surface area contributed by atoms with Crippen molar-refractivity contribution in [2.75, 3.05) is 47.4 Å². The quantitative estimate of drug-likeness (QED) is 0.0293. The molecule has 0 spiro atoms. The molecule has 4 aromatic rings. The first-order chi connectivity index (χ1) is 35.2. The zero-order chi connectivity index (χ0) is 54.3. The third-order valence-electron chi connectivity index (χ3n) is 13.2. The number of guanidine groups is 1. The van der Waals surface area contributed by atoms with Crippen LogP contribution in [-0.4, -0.2) is 109 Å². The molecule has 0 unspecified atom stereocenters. The van der Waals surface area contributed by atoms with Gasteiger partial charge < -0.3 is 42.2 Å². The number of aryl methyl sites for hydroxylation is 2. The van der Waals surface area contributed by atoms with Crippen molar-refractivity contribution in [3.63, 3.8) is 0 Å². The summed E-state index contributed by atoms with van der Waals surface area (Å²) >= 11 is 0. The van der Waals surface area contributed by atoms with E-state index < -0.39 is 41.5 Å². The van der Waals surface area contributed by atoms with Crippen molar-refractivity contribution >= 4 is 41.0 Å². The first-order valence-electron chi connectivity index (χ1n) is 25.1. The number of rotatable bonds is 20. The molecule has 1 aromatic heterocycles. The number of aromatic nitrogens is 2. The Morgan fingerprint density at radius 3 is 2.19 bits per heavy atom. The number of hydrogen-bond acceptors (Lipinski definition) is 13. The van der Waals surface area contributed by atoms with E-state index >= 15 is 4.79 Å². The average Bonchev–Trinajstić information content (AvgIpc) is 3.37. The molecule has 0 aliphatic carbocycles. The molecule has 1 aliphatic rings. The number of hydrogen-bond donors (Lipinski definition) is 5. The Morgan fingerprint density at radius 1 is 0.919 bits per heavy atom. The second-order valence-electron chi connectivity index (χ2n) is 19.8. The first kappa shape index (κ1) is 57.4. The van der Waals surface area contributed by atoms with E-state index in [-0.39, 0.29) is 81.2 Å². The van der Waals surface area contributed by atoms with Crippen molar-refractivity contribution in [3.8, 4) is 40.1 Å². The second kappa shape index (κ2) is 26.4. The lowest BCUT2D eigenvalue weighted by Gasteiger charge is -2.32. The molecule has 18 nitrogen and oxygen atoms in total. The predicted molar refractivity (Wildman–Crippen MR) is 287 cm³/mol. The molecule has 18 heteroatoms. The van der Waals surface area contributed by atoms with E-state index in [4.69, 9.17) is 36.6 Å². The number of likely N-dealkylation sites (N-methyl/N-ethyl adjacent to an activating group) is 1. The molecule has 74 heavy (non-hydrogen) atoms. The summed E-state index contributed by atoms with van der Waals surface area (Å²) in [5.74, 6) is -2.13. The van der Waals surface area contributed by atoms with E-state index in [9.17, 15) is 24.4 Å². The molecular formula is C56H73N11O7. The van der Waals surface area contributed by atoms with Gasteiger partial charge in [0, 0.05) is 81.8 Å². The lowest BCUT2D eigenvalue weighted by molar-refractivity contribution is -0.142. The number of carbonyl (C=O) groups is 5. The number of nitrogens with two attached hydrogens (primary N) is 3. The topological polar surface area (TPSA) is 283 Å². The maximum atomic E-state index is 15.0. The van der Waals surface area contributed by atoms with E-state index in [2.05, 4.69) is 41.4 Å². The van der Waals surface area contributed by atoms with Crippen molar-refractivity contribution in [3.05, 3.63) is 94.3 Å². The molecule has 2 amide bonds. The zero-order valence-electron chi connectivity index (χ0n) is 44.3. The van der Waals surface area contributed by atoms with Gasteiger partial charge >= 0.3 is 0 Å². The number of nitrogens with zero attached hydrogens (tertiary/aromatic N) is 6. The average molecular weight is 1010 g/mol. The van der Waals surface area contributed by atoms with Crippen LogP contribution in [0.15, 0.2) is 70.6 Å². The number of nitrogens with one attached hydrogen (secondary N) is 2. The van der Waals surface area contributed by atoms with Crippen molar-refractivity contribution in [2.45, 2.75) is 110 Å². The van der Waals surface area contributed by atoms with Gasteiger partial charge in [0.2, 0.25) is 11.8 Å². The molecule has 2 heterocycles. The largest absolute Gasteiger partial charge is 0.493 e. The van der Waals surface area contributed by atoms with E-state index in [0.29, 0.717) is 81.8 Å². The molecule has 0 fully saturated rings. The molecule has 1 aliphatic heterocycles. The lowest BCUT2D eigenvalue weighted by atomic mass is 9.86. The third-order valence-corrected chi connectivity index (χ3v) is 13.2. The maximum absolute atomic E-state index is 15.0. The highest BCUT2D eigenvalue weighted by Gasteiger charge is 2.37. The van der Waals surface area contributed by atoms with Gasteiger partial charge in [0.05, 0.1) is 48.0 Å². The highest BCUT2D eigenvalue weighted by Crippen LogP contribution is 2.41. The minimum absolute atomic E-state index is 0.0405. The summed E-state index contributed by atoms with van der Waals surface area (Å²) in [7, 11) is 4.68. The number of carbonyl (C=O) groups excluding carboxylic acids is 5. The zero-order valence-corrected chi connectivity index (χ0v) is 44.3. The standard InChI is InChI=1S/C56H73N11O7/c1-33-28-46(70)51(67(9)54(72)39(22-24-58)32-45(69)50-34(2)64-52(65-35(50)3)37-15-18-40(19-16-37)56(4,5)6)38-17-21-48(73-26-11-13-49(59)61-7)42(31-38)41-29-36(14-20-47(41)74-27-25-63-55(60)62-8)30-43(66-53(33)71)44(68)12-10-23-57/h14-21,29,31,33,39,43,51H,10-13,22,24-28,30,32,58H2,1-9H3,(H2,59,61)(H,66,71)(H3,60,62,63)/t33-,39-,43+,51+/m1/s1. The van der Waals surface area contributed by atoms with Crippen molar-refractivity contribution < 1.29 is 33.4 Å². The Balaban J connectivity index is 1.61. The van der Waals surface area contributed by atoms with Gasteiger partial charge in [0.15, 0.2) is 29.1 Å². The second-order valence-corrected chi connectivity index (χ2v) is 19.8. The fourth-order valence-electron chi connectivity index (χ4n) is 8.96. The third kappa shape index (κ3) is 15.0. The predicted octanol–water partition coefficient (Wildman–Crippen LogP) is 6.03. The van der Waals surface area contributed by atoms with Crippen LogP contribution in [-0.2, 0) is 31.0 Å². The van der Waals surface area contributed by atoms with Gasteiger partial charge in [-0.1, -0.05) is 64.1 Å². The molecule has 5 rings (SSSR count). The molecule has 8 N–H and O–H groups in total. The number of nitriles is 1. The van der Waals surface area contributed by atoms with E-state index in [1.165, 1.54) is 11.9 Å². The minimum atomic E-state index is -1.28. The fourth-order valence-corrected chi connectivity index (χ4v) is 8.96. The summed E-state index contributed by atoms with van der Waals surface area (Å²) in [5, 5.41) is 15.2. The van der Waals surface area contributed by atoms with E-state index in [0.717, 1.165) is 11.1 Å². The number of Topliss-reactive ketones (excluding diaryl/α,β-unsaturated/α-hetero) is 3. The van der Waals surface area contributed by atoms with Crippen molar-refractivity contribution in [1.29, 1.82) is 5.26 Å². The molecular weight excluding hydrogens is 939 g/mol. The molecule has 4 atom stereocenters. The van der Waals surface area contributed by atoms with Gasteiger partial charge in [-0.15, -0.1) is 0 Å². The van der Waals surface area contributed by atoms with Gasteiger partial charge in [-0.25, -0.2) is 9.97 Å². The van der Waals surface area contributed by atoms with Crippen LogP contribution in [0.2, 0.25) is 0 Å². The van der Waals surface area contributed by atoms with Crippen LogP contribution in [0, 0.1) is 37.0 Å². The highest BCUT2D eigenvalue weighted by atomic mass is 16.5. The van der Waals surface area contributed by atoms with Crippen LogP contribution < -0.4 is 37.3 Å². The Bertz CT molecular complexity index is 2750. The molecule has 394 valence electrons. The van der Waals surface area contributed by atoms with E-state index in [1.807, 2.05) is 36.4 Å². The number of benzene rings is 3. The molecule has 4 bridgehead atoms. The van der Waals surface area contributed by atoms with Gasteiger partial charge in [0.1, 0.15) is 24.1 Å². The highest BCUT2D eigenvalue weighted by molar-refractivity contribution is 6.01. The van der Waals surface area contributed by atoms with Crippen LogP contribution in [0.4, 0.5) is 0 Å². The Labute approximate surface area is 435 Å². The van der Waals surface area contributed by atoms with Gasteiger partial charge in [-0.2, -0.15) is 5.26 Å². The summed E-state index contributed by atoms with van der Waals surface area (Å²) < 4.78 is 12.8. The number of fused-ring (bicyclic) bond motifs is 5. The molecule has 0 saturated heterocycles. The van der Waals surface area contributed by atoms with Crippen molar-refractivity contribution in [2.24, 2.45) is 39.0 Å². The Hall–Kier alpha value is -7.52. The van der Waals surface area contributed by atoms with Gasteiger partial charge in [-0.05, 0) is 86.0 Å². The van der Waals surface area contributed by atoms with Crippen LogP contribution >= 0.6 is 0 Å². The SMILES string of the molecule is CN=C(N)CCCOc1ccc2cc1-c1cc(ccc1OCCNC(N)=NC)C[C@@H](C(=O)CCC#N)NC(=O)[C@H](C)CC(=O)[C@H]2N(C)C(=O)[C@H](CCN)CC(=O)c1c(C)nc(-c2ccc(C(C)(C)C)cc2)nc1C. The van der Waals surface area contributed by atoms with Gasteiger partial charge in [-0.3, -0.25) is 34.0 Å². The summed E-state index contributed by atoms with van der Waals surface area (Å²) in [6.07, 6.45) is 0.499. The summed E-state index contributed by atoms with van der Waals surface area (Å²) in [6.45, 7) is 12.2. The maximum Gasteiger partial charge on any atom is 0.226 e. The monoisotopic (exact) mass is 1010 g/mol. The number of ether oxygens (including phenoxy) is 2. The lowest BCUT2D eigenvalue weighted by Crippen LogP contribution is -2.46. The number of aliphatic imine (C=N–C) groups is 2. The van der Waals surface area contributed by atoms with Gasteiger partial charge in [0.25, 0.3) is 0 Å². The van der Waals surface area contributed by atoms with Crippen LogP contribution in [0.5, 0.6) is 11.5 Å². The number of amides is 2. The summed E-state index contributed by atoms with van der Waals surface area (Å²) in [4.78, 5) is 90.8. The summed E-state index contributed by atoms with van der Waals surface area (Å²) in [6, 6.07) is 18.3. The molecule has 0 saturated carbocycles. The smallest absolute Gasteiger partial charge is 0.226 e. The van der Waals surface area contributed by atoms with Crippen LogP contribution in [0.25, 0.3) is 22.5 Å². The number of ketones is 3. The fraction of sp³-hybridized carbons (Fsp3) is 0.464. The van der Waals surface area contributed by atoms with Crippen LogP contribution in [0.1, 0.15) is 117 Å². The van der Waals surface area contributed by atoms with Crippen molar-refractivity contribution in [1.82, 2.24) is 25.5 Å². The molecule has 0 radical (unpaired) electrons. The van der Waals surface area contributed by atoms with E-state index in [1.54, 1.807) is 65.2 Å². The molecule has 3 aromatic carbocycles. The van der Waals surface area contributed by atoms with Crippen LogP contribution in [0.3, 0.4) is 0 Å². The minimum Gasteiger partial charge on any atom is -0.493 e. The Kier molecular flexibility index (Phi) is 20.5. The first-order valence-corrected chi connectivity index (χ1v) is 25.1. The summed E-state index contributed by atoms with van der Waals surface area (Å²) in [5.41, 5.74) is 23.3. The number of amidine groups is 1.